The lowest BCUT2D eigenvalue weighted by Gasteiger charge is -2.23. The maximum atomic E-state index is 6.04. The fraction of sp³-hybridized carbons (Fsp3) is 0.500. The topological polar surface area (TPSA) is 21.3 Å². The zero-order valence-corrected chi connectivity index (χ0v) is 11.3. The second-order valence-corrected chi connectivity index (χ2v) is 5.05. The molecule has 0 unspecified atom stereocenters. The average Bonchev–Trinajstić information content (AvgIpc) is 2.22. The first-order valence-electron chi connectivity index (χ1n) is 5.19. The molecular weight excluding hydrogens is 245 g/mol. The Morgan fingerprint density at radius 2 is 1.81 bits per heavy atom. The Balaban J connectivity index is 2.56. The summed E-state index contributed by atoms with van der Waals surface area (Å²) >= 11 is 12.1. The van der Waals surface area contributed by atoms with Gasteiger partial charge in [0.2, 0.25) is 0 Å². The Hall–Kier alpha value is -0.440. The molecular formula is C12H17Cl2NO. The molecule has 1 aromatic carbocycles. The van der Waals surface area contributed by atoms with E-state index in [0.29, 0.717) is 10.0 Å². The summed E-state index contributed by atoms with van der Waals surface area (Å²) in [6.07, 6.45) is 0.880. The van der Waals surface area contributed by atoms with Crippen molar-refractivity contribution in [2.45, 2.75) is 25.9 Å². The summed E-state index contributed by atoms with van der Waals surface area (Å²) in [5.41, 5.74) is 0.651. The van der Waals surface area contributed by atoms with Crippen LogP contribution < -0.4 is 5.32 Å². The number of hydrogen-bond acceptors (Lipinski definition) is 2. The first-order chi connectivity index (χ1) is 7.46. The SMILES string of the molecule is COC(C)(C)CCNc1c(Cl)cccc1Cl. The number of benzene rings is 1. The Morgan fingerprint density at radius 3 is 2.31 bits per heavy atom. The van der Waals surface area contributed by atoms with E-state index in [-0.39, 0.29) is 5.60 Å². The van der Waals surface area contributed by atoms with Crippen LogP contribution >= 0.6 is 23.2 Å². The molecule has 0 saturated carbocycles. The van der Waals surface area contributed by atoms with E-state index in [1.54, 1.807) is 7.11 Å². The van der Waals surface area contributed by atoms with Gasteiger partial charge in [-0.15, -0.1) is 0 Å². The highest BCUT2D eigenvalue weighted by Gasteiger charge is 2.15. The lowest BCUT2D eigenvalue weighted by molar-refractivity contribution is 0.0185. The second-order valence-electron chi connectivity index (χ2n) is 4.24. The summed E-state index contributed by atoms with van der Waals surface area (Å²) in [4.78, 5) is 0. The smallest absolute Gasteiger partial charge is 0.0718 e. The standard InChI is InChI=1S/C12H17Cl2NO/c1-12(2,16-3)7-8-15-11-9(13)5-4-6-10(11)14/h4-6,15H,7-8H2,1-3H3. The van der Waals surface area contributed by atoms with Crippen LogP contribution in [0.1, 0.15) is 20.3 Å². The van der Waals surface area contributed by atoms with Gasteiger partial charge in [0.05, 0.1) is 21.3 Å². The zero-order valence-electron chi connectivity index (χ0n) is 9.81. The molecule has 90 valence electrons. The molecule has 0 aromatic heterocycles. The molecule has 2 nitrogen and oxygen atoms in total. The molecule has 1 aromatic rings. The summed E-state index contributed by atoms with van der Waals surface area (Å²) < 4.78 is 5.33. The minimum absolute atomic E-state index is 0.138. The molecule has 0 aliphatic heterocycles. The predicted molar refractivity (Wildman–Crippen MR) is 70.7 cm³/mol. The van der Waals surface area contributed by atoms with Gasteiger partial charge in [-0.2, -0.15) is 0 Å². The van der Waals surface area contributed by atoms with E-state index in [1.165, 1.54) is 0 Å². The van der Waals surface area contributed by atoms with Crippen molar-refractivity contribution in [3.05, 3.63) is 28.2 Å². The second kappa shape index (κ2) is 5.76. The zero-order chi connectivity index (χ0) is 12.2. The van der Waals surface area contributed by atoms with Crippen LogP contribution in [0.5, 0.6) is 0 Å². The Morgan fingerprint density at radius 1 is 1.25 bits per heavy atom. The molecule has 0 spiro atoms. The predicted octanol–water partition coefficient (Wildman–Crippen LogP) is 4.22. The first kappa shape index (κ1) is 13.6. The number of rotatable bonds is 5. The third kappa shape index (κ3) is 3.85. The van der Waals surface area contributed by atoms with E-state index in [0.717, 1.165) is 18.7 Å². The van der Waals surface area contributed by atoms with Gasteiger partial charge >= 0.3 is 0 Å². The Bertz CT molecular complexity index is 333. The minimum Gasteiger partial charge on any atom is -0.383 e. The van der Waals surface area contributed by atoms with Gasteiger partial charge < -0.3 is 10.1 Å². The third-order valence-electron chi connectivity index (χ3n) is 2.54. The molecule has 0 radical (unpaired) electrons. The van der Waals surface area contributed by atoms with Gasteiger partial charge in [-0.3, -0.25) is 0 Å². The van der Waals surface area contributed by atoms with Gasteiger partial charge in [0.15, 0.2) is 0 Å². The molecule has 0 amide bonds. The molecule has 16 heavy (non-hydrogen) atoms. The van der Waals surface area contributed by atoms with Crippen LogP contribution in [0.3, 0.4) is 0 Å². The molecule has 4 heteroatoms. The van der Waals surface area contributed by atoms with E-state index < -0.39 is 0 Å². The van der Waals surface area contributed by atoms with Crippen molar-refractivity contribution >= 4 is 28.9 Å². The molecule has 0 fully saturated rings. The van der Waals surface area contributed by atoms with Crippen molar-refractivity contribution in [2.75, 3.05) is 19.0 Å². The van der Waals surface area contributed by atoms with Crippen LogP contribution in [-0.2, 0) is 4.74 Å². The van der Waals surface area contributed by atoms with Crippen molar-refractivity contribution in [1.29, 1.82) is 0 Å². The number of para-hydroxylation sites is 1. The highest BCUT2D eigenvalue weighted by Crippen LogP contribution is 2.30. The number of methoxy groups -OCH3 is 1. The van der Waals surface area contributed by atoms with Gasteiger partial charge in [-0.1, -0.05) is 29.3 Å². The number of anilines is 1. The Labute approximate surface area is 107 Å². The molecule has 0 heterocycles. The highest BCUT2D eigenvalue weighted by molar-refractivity contribution is 6.39. The van der Waals surface area contributed by atoms with E-state index in [2.05, 4.69) is 5.32 Å². The maximum absolute atomic E-state index is 6.04. The molecule has 0 aliphatic rings. The minimum atomic E-state index is -0.138. The van der Waals surface area contributed by atoms with Crippen molar-refractivity contribution in [1.82, 2.24) is 0 Å². The van der Waals surface area contributed by atoms with Gasteiger partial charge in [-0.25, -0.2) is 0 Å². The van der Waals surface area contributed by atoms with Gasteiger partial charge in [-0.05, 0) is 32.4 Å². The largest absolute Gasteiger partial charge is 0.383 e. The average molecular weight is 262 g/mol. The van der Waals surface area contributed by atoms with Crippen LogP contribution in [0.2, 0.25) is 10.0 Å². The molecule has 1 rings (SSSR count). The summed E-state index contributed by atoms with van der Waals surface area (Å²) in [5, 5.41) is 4.51. The monoisotopic (exact) mass is 261 g/mol. The van der Waals surface area contributed by atoms with Crippen LogP contribution in [0, 0.1) is 0 Å². The summed E-state index contributed by atoms with van der Waals surface area (Å²) in [5.74, 6) is 0. The molecule has 0 atom stereocenters. The molecule has 0 bridgehead atoms. The van der Waals surface area contributed by atoms with E-state index in [9.17, 15) is 0 Å². The van der Waals surface area contributed by atoms with Gasteiger partial charge in [0, 0.05) is 13.7 Å². The number of nitrogens with one attached hydrogen (secondary N) is 1. The summed E-state index contributed by atoms with van der Waals surface area (Å²) in [7, 11) is 1.71. The summed E-state index contributed by atoms with van der Waals surface area (Å²) in [6, 6.07) is 5.46. The lowest BCUT2D eigenvalue weighted by Crippen LogP contribution is -2.25. The number of halogens is 2. The van der Waals surface area contributed by atoms with E-state index in [1.807, 2.05) is 32.0 Å². The normalized spacial score (nSPS) is 11.6. The van der Waals surface area contributed by atoms with Crippen molar-refractivity contribution in [3.63, 3.8) is 0 Å². The molecule has 1 N–H and O–H groups in total. The van der Waals surface area contributed by atoms with Gasteiger partial charge in [0.1, 0.15) is 0 Å². The van der Waals surface area contributed by atoms with Crippen LogP contribution in [0.25, 0.3) is 0 Å². The third-order valence-corrected chi connectivity index (χ3v) is 3.17. The Kier molecular flexibility index (Phi) is 4.90. The lowest BCUT2D eigenvalue weighted by atomic mass is 10.1. The van der Waals surface area contributed by atoms with Crippen LogP contribution in [0.15, 0.2) is 18.2 Å². The number of hydrogen-bond donors (Lipinski definition) is 1. The quantitative estimate of drug-likeness (QED) is 0.857. The van der Waals surface area contributed by atoms with Crippen LogP contribution in [-0.4, -0.2) is 19.3 Å². The van der Waals surface area contributed by atoms with Crippen molar-refractivity contribution in [2.24, 2.45) is 0 Å². The summed E-state index contributed by atoms with van der Waals surface area (Å²) in [6.45, 7) is 4.86. The van der Waals surface area contributed by atoms with E-state index >= 15 is 0 Å². The number of ether oxygens (including phenoxy) is 1. The van der Waals surface area contributed by atoms with Crippen LogP contribution in [0.4, 0.5) is 5.69 Å². The highest BCUT2D eigenvalue weighted by atomic mass is 35.5. The fourth-order valence-corrected chi connectivity index (χ4v) is 1.79. The maximum Gasteiger partial charge on any atom is 0.0718 e. The van der Waals surface area contributed by atoms with Crippen molar-refractivity contribution in [3.8, 4) is 0 Å². The van der Waals surface area contributed by atoms with Gasteiger partial charge in [0.25, 0.3) is 0 Å². The first-order valence-corrected chi connectivity index (χ1v) is 5.95. The molecule has 0 aliphatic carbocycles. The van der Waals surface area contributed by atoms with E-state index in [4.69, 9.17) is 27.9 Å². The van der Waals surface area contributed by atoms with Crippen molar-refractivity contribution < 1.29 is 4.74 Å². The fourth-order valence-electron chi connectivity index (χ4n) is 1.26. The molecule has 0 saturated heterocycles.